The van der Waals surface area contributed by atoms with E-state index < -0.39 is 0 Å². The Labute approximate surface area is 195 Å². The highest BCUT2D eigenvalue weighted by atomic mass is 16.5. The number of carbonyl (C=O) groups is 3. The SMILES string of the molecule is CNc1cc(NC2=CC=C[N+](=C3CCC3=O)C2=O)nc2c(C(=O)N[C@H]3CC[C@]3(C)OC)cnn12. The molecule has 3 heterocycles. The predicted octanol–water partition coefficient (Wildman–Crippen LogP) is 1.23. The van der Waals surface area contributed by atoms with Crippen LogP contribution in [-0.4, -0.2) is 68.3 Å². The van der Waals surface area contributed by atoms with E-state index in [1.54, 1.807) is 38.6 Å². The number of fused-ring (bicyclic) bond motifs is 1. The highest BCUT2D eigenvalue weighted by Crippen LogP contribution is 2.35. The summed E-state index contributed by atoms with van der Waals surface area (Å²) in [5, 5.41) is 13.4. The normalized spacial score (nSPS) is 26.1. The van der Waals surface area contributed by atoms with Gasteiger partial charge in [0.15, 0.2) is 17.5 Å². The van der Waals surface area contributed by atoms with Crippen molar-refractivity contribution in [2.45, 2.75) is 44.2 Å². The molecule has 5 rings (SSSR count). The van der Waals surface area contributed by atoms with E-state index in [1.807, 2.05) is 6.92 Å². The number of ketones is 1. The molecule has 176 valence electrons. The van der Waals surface area contributed by atoms with Crippen molar-refractivity contribution in [1.29, 1.82) is 0 Å². The minimum absolute atomic E-state index is 0.0257. The zero-order chi connectivity index (χ0) is 24.0. The second-order valence-corrected chi connectivity index (χ2v) is 8.74. The van der Waals surface area contributed by atoms with Crippen LogP contribution in [0.25, 0.3) is 5.65 Å². The van der Waals surface area contributed by atoms with Gasteiger partial charge in [0, 0.05) is 39.1 Å². The predicted molar refractivity (Wildman–Crippen MR) is 124 cm³/mol. The first-order valence-corrected chi connectivity index (χ1v) is 11.2. The van der Waals surface area contributed by atoms with Crippen LogP contribution < -0.4 is 16.0 Å². The van der Waals surface area contributed by atoms with Gasteiger partial charge in [-0.2, -0.15) is 9.61 Å². The number of hydrogen-bond acceptors (Lipinski definition) is 8. The summed E-state index contributed by atoms with van der Waals surface area (Å²) in [5.74, 6) is 0.278. The van der Waals surface area contributed by atoms with Gasteiger partial charge < -0.3 is 20.7 Å². The minimum atomic E-state index is -0.387. The van der Waals surface area contributed by atoms with Gasteiger partial charge in [0.1, 0.15) is 17.2 Å². The summed E-state index contributed by atoms with van der Waals surface area (Å²) >= 11 is 0. The van der Waals surface area contributed by atoms with Crippen molar-refractivity contribution in [3.8, 4) is 0 Å². The van der Waals surface area contributed by atoms with Crippen LogP contribution in [0.2, 0.25) is 0 Å². The smallest absolute Gasteiger partial charge is 0.376 e. The molecule has 0 unspecified atom stereocenters. The van der Waals surface area contributed by atoms with E-state index in [0.29, 0.717) is 41.4 Å². The van der Waals surface area contributed by atoms with E-state index in [2.05, 4.69) is 26.0 Å². The Bertz CT molecular complexity index is 1320. The number of anilines is 2. The first-order chi connectivity index (χ1) is 16.3. The Balaban J connectivity index is 1.44. The van der Waals surface area contributed by atoms with Gasteiger partial charge in [-0.25, -0.2) is 9.78 Å². The summed E-state index contributed by atoms with van der Waals surface area (Å²) in [4.78, 5) is 42.4. The number of amides is 2. The van der Waals surface area contributed by atoms with Crippen LogP contribution in [0, 0.1) is 0 Å². The lowest BCUT2D eigenvalue weighted by atomic mass is 9.76. The number of ether oxygens (including phenoxy) is 1. The maximum Gasteiger partial charge on any atom is 0.441 e. The van der Waals surface area contributed by atoms with Crippen LogP contribution in [-0.2, 0) is 14.3 Å². The number of allylic oxidation sites excluding steroid dienone is 2. The number of Topliss-reactive ketones (excluding diaryl/α,β-unsaturated/α-hetero) is 1. The average molecular weight is 465 g/mol. The monoisotopic (exact) mass is 464 g/mol. The minimum Gasteiger partial charge on any atom is -0.376 e. The third-order valence-electron chi connectivity index (χ3n) is 6.82. The molecule has 2 saturated carbocycles. The molecule has 0 aromatic carbocycles. The van der Waals surface area contributed by atoms with Crippen LogP contribution in [0.15, 0.2) is 36.3 Å². The molecule has 2 atom stereocenters. The van der Waals surface area contributed by atoms with Crippen molar-refractivity contribution in [3.05, 3.63) is 41.9 Å². The third-order valence-corrected chi connectivity index (χ3v) is 6.82. The van der Waals surface area contributed by atoms with E-state index in [1.165, 1.54) is 15.3 Å². The average Bonchev–Trinajstić information content (AvgIpc) is 3.26. The molecular weight excluding hydrogens is 438 g/mol. The first-order valence-electron chi connectivity index (χ1n) is 11.2. The second kappa shape index (κ2) is 8.17. The summed E-state index contributed by atoms with van der Waals surface area (Å²) in [5.41, 5.74) is 1.02. The number of aromatic nitrogens is 3. The van der Waals surface area contributed by atoms with Crippen molar-refractivity contribution in [2.75, 3.05) is 24.8 Å². The number of carbonyl (C=O) groups excluding carboxylic acids is 3. The fourth-order valence-corrected chi connectivity index (χ4v) is 4.30. The summed E-state index contributed by atoms with van der Waals surface area (Å²) in [6.45, 7) is 1.97. The van der Waals surface area contributed by atoms with E-state index in [4.69, 9.17) is 4.74 Å². The standard InChI is InChI=1S/C23H25N7O4/c1-23(34-3)9-8-17(23)27-21(32)13-12-25-30-19(24-2)11-18(28-20(13)30)26-14-5-4-10-29(22(14)33)15-6-7-16(15)31/h4-5,10-12,17H,6-9H2,1-3H3,(H2-,24,25,26,27,28,31,32)/p+1/t17-,23-/m0/s1. The lowest BCUT2D eigenvalue weighted by molar-refractivity contribution is -0.379. The maximum absolute atomic E-state index is 13.1. The Kier molecular flexibility index (Phi) is 5.28. The molecule has 1 aliphatic heterocycles. The molecule has 2 aromatic heterocycles. The molecule has 2 aromatic rings. The molecule has 0 radical (unpaired) electrons. The fraction of sp³-hybridized carbons (Fsp3) is 0.391. The van der Waals surface area contributed by atoms with Crippen molar-refractivity contribution < 1.29 is 23.7 Å². The Morgan fingerprint density at radius 2 is 2.15 bits per heavy atom. The van der Waals surface area contributed by atoms with Crippen LogP contribution in [0.3, 0.4) is 0 Å². The lowest BCUT2D eigenvalue weighted by Gasteiger charge is -2.45. The highest BCUT2D eigenvalue weighted by Gasteiger charge is 2.44. The Hall–Kier alpha value is -3.86. The van der Waals surface area contributed by atoms with Gasteiger partial charge in [0.05, 0.1) is 17.8 Å². The van der Waals surface area contributed by atoms with Gasteiger partial charge in [0.2, 0.25) is 11.5 Å². The van der Waals surface area contributed by atoms with Crippen LogP contribution in [0.4, 0.5) is 11.6 Å². The van der Waals surface area contributed by atoms with E-state index >= 15 is 0 Å². The number of nitrogens with zero attached hydrogens (tertiary/aromatic N) is 4. The molecule has 11 nitrogen and oxygen atoms in total. The molecule has 2 fully saturated rings. The lowest BCUT2D eigenvalue weighted by Crippen LogP contribution is -2.59. The van der Waals surface area contributed by atoms with E-state index in [9.17, 15) is 14.4 Å². The quantitative estimate of drug-likeness (QED) is 0.545. The van der Waals surface area contributed by atoms with Gasteiger partial charge >= 0.3 is 5.91 Å². The molecule has 0 bridgehead atoms. The Morgan fingerprint density at radius 1 is 1.32 bits per heavy atom. The zero-order valence-corrected chi connectivity index (χ0v) is 19.2. The third kappa shape index (κ3) is 3.48. The van der Waals surface area contributed by atoms with Crippen LogP contribution >= 0.6 is 0 Å². The van der Waals surface area contributed by atoms with Gasteiger partial charge in [-0.3, -0.25) is 9.59 Å². The Morgan fingerprint density at radius 3 is 2.76 bits per heavy atom. The summed E-state index contributed by atoms with van der Waals surface area (Å²) in [6.07, 6.45) is 9.12. The van der Waals surface area contributed by atoms with E-state index in [-0.39, 0.29) is 34.9 Å². The van der Waals surface area contributed by atoms with Crippen LogP contribution in [0.1, 0.15) is 43.0 Å². The summed E-state index contributed by atoms with van der Waals surface area (Å²) in [6, 6.07) is 1.59. The van der Waals surface area contributed by atoms with Crippen molar-refractivity contribution >= 4 is 40.6 Å². The van der Waals surface area contributed by atoms with Crippen LogP contribution in [0.5, 0.6) is 0 Å². The molecule has 11 heteroatoms. The molecule has 2 aliphatic carbocycles. The molecule has 2 amide bonds. The van der Waals surface area contributed by atoms with Crippen molar-refractivity contribution in [3.63, 3.8) is 0 Å². The first kappa shape index (κ1) is 22.0. The molecule has 3 aliphatic rings. The molecule has 3 N–H and O–H groups in total. The molecule has 0 saturated heterocycles. The number of nitrogens with one attached hydrogen (secondary N) is 3. The van der Waals surface area contributed by atoms with E-state index in [0.717, 1.165) is 12.8 Å². The topological polar surface area (TPSA) is 130 Å². The molecule has 34 heavy (non-hydrogen) atoms. The maximum atomic E-state index is 13.1. The zero-order valence-electron chi connectivity index (χ0n) is 19.2. The number of rotatable bonds is 6. The highest BCUT2D eigenvalue weighted by molar-refractivity contribution is 6.44. The second-order valence-electron chi connectivity index (χ2n) is 8.74. The van der Waals surface area contributed by atoms with Crippen molar-refractivity contribution in [1.82, 2.24) is 19.9 Å². The summed E-state index contributed by atoms with van der Waals surface area (Å²) in [7, 11) is 3.37. The van der Waals surface area contributed by atoms with Gasteiger partial charge in [0.25, 0.3) is 5.91 Å². The molecule has 0 spiro atoms. The number of methoxy groups -OCH3 is 1. The molecular formula is C23H26N7O4+. The number of hydrogen-bond donors (Lipinski definition) is 3. The van der Waals surface area contributed by atoms with Gasteiger partial charge in [-0.05, 0) is 25.8 Å². The van der Waals surface area contributed by atoms with Gasteiger partial charge in [-0.15, -0.1) is 4.58 Å². The van der Waals surface area contributed by atoms with Gasteiger partial charge in [-0.1, -0.05) is 0 Å². The summed E-state index contributed by atoms with van der Waals surface area (Å²) < 4.78 is 8.45. The van der Waals surface area contributed by atoms with Crippen molar-refractivity contribution in [2.24, 2.45) is 0 Å². The largest absolute Gasteiger partial charge is 0.441 e. The fourth-order valence-electron chi connectivity index (χ4n) is 4.30.